The second kappa shape index (κ2) is 5.29. The Labute approximate surface area is 126 Å². The minimum absolute atomic E-state index is 0.310. The molecule has 3 rings (SSSR count). The molecule has 0 unspecified atom stereocenters. The Bertz CT molecular complexity index is 820. The summed E-state index contributed by atoms with van der Waals surface area (Å²) < 4.78 is 7.78. The van der Waals surface area contributed by atoms with Crippen molar-refractivity contribution in [2.75, 3.05) is 6.61 Å². The molecule has 2 heterocycles. The first-order valence-electron chi connectivity index (χ1n) is 6.70. The molecule has 0 amide bonds. The third-order valence-corrected chi connectivity index (χ3v) is 4.16. The van der Waals surface area contributed by atoms with E-state index in [1.54, 1.807) is 29.0 Å². The van der Waals surface area contributed by atoms with Gasteiger partial charge >= 0.3 is 5.97 Å². The number of para-hydroxylation sites is 1. The molecule has 0 aliphatic heterocycles. The fourth-order valence-electron chi connectivity index (χ4n) is 2.14. The normalized spacial score (nSPS) is 11.0. The van der Waals surface area contributed by atoms with Gasteiger partial charge in [0.2, 0.25) is 5.13 Å². The lowest BCUT2D eigenvalue weighted by atomic mass is 10.2. The lowest BCUT2D eigenvalue weighted by Gasteiger charge is -1.98. The van der Waals surface area contributed by atoms with Gasteiger partial charge in [-0.25, -0.2) is 14.5 Å². The summed E-state index contributed by atoms with van der Waals surface area (Å²) in [6.07, 6.45) is 0. The van der Waals surface area contributed by atoms with Crippen molar-refractivity contribution in [3.8, 4) is 5.13 Å². The number of aromatic nitrogens is 3. The van der Waals surface area contributed by atoms with Gasteiger partial charge in [0, 0.05) is 5.69 Å². The summed E-state index contributed by atoms with van der Waals surface area (Å²) in [5, 5.41) is 5.07. The molecular formula is C15H15N3O2S. The zero-order valence-corrected chi connectivity index (χ0v) is 12.9. The number of fused-ring (bicyclic) bond motifs is 1. The van der Waals surface area contributed by atoms with Gasteiger partial charge in [-0.05, 0) is 38.5 Å². The van der Waals surface area contributed by atoms with Crippen LogP contribution in [0.3, 0.4) is 0 Å². The van der Waals surface area contributed by atoms with Crippen LogP contribution in [0.25, 0.3) is 15.3 Å². The number of aryl methyl sites for hydroxylation is 2. The molecule has 0 atom stereocenters. The molecule has 108 valence electrons. The Morgan fingerprint density at radius 3 is 2.90 bits per heavy atom. The Morgan fingerprint density at radius 1 is 1.38 bits per heavy atom. The van der Waals surface area contributed by atoms with Gasteiger partial charge in [0.1, 0.15) is 0 Å². The number of carbonyl (C=O) groups excluding carboxylic acids is 1. The smallest absolute Gasteiger partial charge is 0.358 e. The number of hydrogen-bond donors (Lipinski definition) is 0. The first-order valence-corrected chi connectivity index (χ1v) is 7.52. The van der Waals surface area contributed by atoms with E-state index in [9.17, 15) is 4.79 Å². The first kappa shape index (κ1) is 13.8. The van der Waals surface area contributed by atoms with Crippen molar-refractivity contribution < 1.29 is 9.53 Å². The van der Waals surface area contributed by atoms with Crippen LogP contribution in [-0.2, 0) is 4.74 Å². The van der Waals surface area contributed by atoms with Gasteiger partial charge in [-0.1, -0.05) is 23.5 Å². The summed E-state index contributed by atoms with van der Waals surface area (Å²) in [7, 11) is 0. The first-order chi connectivity index (χ1) is 10.1. The summed E-state index contributed by atoms with van der Waals surface area (Å²) in [6, 6.07) is 7.80. The number of ether oxygens (including phenoxy) is 1. The van der Waals surface area contributed by atoms with E-state index in [0.717, 1.165) is 26.6 Å². The van der Waals surface area contributed by atoms with Crippen LogP contribution < -0.4 is 0 Å². The standard InChI is InChI=1S/C15H15N3O2S/c1-4-20-14(19)11-8-10(3)18(17-11)15-16-13-9(2)6-5-7-12(13)21-15/h5-8H,4H2,1-3H3. The summed E-state index contributed by atoms with van der Waals surface area (Å²) >= 11 is 1.55. The van der Waals surface area contributed by atoms with E-state index in [0.29, 0.717) is 12.3 Å². The minimum atomic E-state index is -0.406. The SMILES string of the molecule is CCOC(=O)c1cc(C)n(-c2nc3c(C)cccc3s2)n1. The zero-order valence-electron chi connectivity index (χ0n) is 12.1. The third kappa shape index (κ3) is 2.42. The number of thiazole rings is 1. The average molecular weight is 301 g/mol. The Balaban J connectivity index is 2.06. The molecule has 0 aliphatic rings. The maximum absolute atomic E-state index is 11.8. The van der Waals surface area contributed by atoms with Crippen molar-refractivity contribution in [3.63, 3.8) is 0 Å². The van der Waals surface area contributed by atoms with Crippen LogP contribution >= 0.6 is 11.3 Å². The molecule has 0 N–H and O–H groups in total. The number of nitrogens with zero attached hydrogens (tertiary/aromatic N) is 3. The van der Waals surface area contributed by atoms with Gasteiger partial charge in [-0.15, -0.1) is 0 Å². The third-order valence-electron chi connectivity index (χ3n) is 3.16. The van der Waals surface area contributed by atoms with Crippen molar-refractivity contribution >= 4 is 27.5 Å². The largest absolute Gasteiger partial charge is 0.461 e. The topological polar surface area (TPSA) is 57.0 Å². The van der Waals surface area contributed by atoms with Gasteiger partial charge in [-0.3, -0.25) is 0 Å². The lowest BCUT2D eigenvalue weighted by molar-refractivity contribution is 0.0519. The minimum Gasteiger partial charge on any atom is -0.461 e. The van der Waals surface area contributed by atoms with Crippen molar-refractivity contribution in [1.82, 2.24) is 14.8 Å². The van der Waals surface area contributed by atoms with E-state index in [-0.39, 0.29) is 0 Å². The highest BCUT2D eigenvalue weighted by Crippen LogP contribution is 2.27. The Hall–Kier alpha value is -2.21. The summed E-state index contributed by atoms with van der Waals surface area (Å²) in [5.41, 5.74) is 3.27. The van der Waals surface area contributed by atoms with Gasteiger partial charge < -0.3 is 4.74 Å². The molecule has 0 saturated heterocycles. The molecule has 2 aromatic heterocycles. The quantitative estimate of drug-likeness (QED) is 0.697. The molecule has 21 heavy (non-hydrogen) atoms. The van der Waals surface area contributed by atoms with Gasteiger partial charge in [0.05, 0.1) is 16.8 Å². The second-order valence-electron chi connectivity index (χ2n) is 4.72. The predicted octanol–water partition coefficient (Wildman–Crippen LogP) is 3.28. The van der Waals surface area contributed by atoms with Crippen molar-refractivity contribution in [2.24, 2.45) is 0 Å². The monoisotopic (exact) mass is 301 g/mol. The van der Waals surface area contributed by atoms with E-state index in [4.69, 9.17) is 4.74 Å². The highest BCUT2D eigenvalue weighted by Gasteiger charge is 2.16. The Morgan fingerprint density at radius 2 is 2.19 bits per heavy atom. The van der Waals surface area contributed by atoms with Crippen molar-refractivity contribution in [3.05, 3.63) is 41.2 Å². The van der Waals surface area contributed by atoms with E-state index < -0.39 is 5.97 Å². The van der Waals surface area contributed by atoms with Crippen LogP contribution in [0.4, 0.5) is 0 Å². The maximum atomic E-state index is 11.8. The molecule has 0 saturated carbocycles. The fourth-order valence-corrected chi connectivity index (χ4v) is 3.19. The fraction of sp³-hybridized carbons (Fsp3) is 0.267. The highest BCUT2D eigenvalue weighted by atomic mass is 32.1. The molecule has 5 nitrogen and oxygen atoms in total. The highest BCUT2D eigenvalue weighted by molar-refractivity contribution is 7.20. The van der Waals surface area contributed by atoms with Crippen molar-refractivity contribution in [2.45, 2.75) is 20.8 Å². The van der Waals surface area contributed by atoms with Crippen LogP contribution in [0.5, 0.6) is 0 Å². The number of esters is 1. The molecular weight excluding hydrogens is 286 g/mol. The molecule has 0 fully saturated rings. The number of rotatable bonds is 3. The number of benzene rings is 1. The molecule has 0 radical (unpaired) electrons. The molecule has 0 spiro atoms. The van der Waals surface area contributed by atoms with Gasteiger partial charge in [0.25, 0.3) is 0 Å². The summed E-state index contributed by atoms with van der Waals surface area (Å²) in [4.78, 5) is 16.4. The van der Waals surface area contributed by atoms with E-state index >= 15 is 0 Å². The van der Waals surface area contributed by atoms with Crippen LogP contribution in [0, 0.1) is 13.8 Å². The predicted molar refractivity (Wildman–Crippen MR) is 82.2 cm³/mol. The lowest BCUT2D eigenvalue weighted by Crippen LogP contribution is -2.06. The molecule has 0 bridgehead atoms. The zero-order chi connectivity index (χ0) is 15.0. The maximum Gasteiger partial charge on any atom is 0.358 e. The van der Waals surface area contributed by atoms with Crippen LogP contribution in [0.2, 0.25) is 0 Å². The van der Waals surface area contributed by atoms with E-state index in [1.807, 2.05) is 32.0 Å². The second-order valence-corrected chi connectivity index (χ2v) is 5.73. The molecule has 1 aromatic carbocycles. The summed E-state index contributed by atoms with van der Waals surface area (Å²) in [6.45, 7) is 6.05. The molecule has 3 aromatic rings. The van der Waals surface area contributed by atoms with Crippen molar-refractivity contribution in [1.29, 1.82) is 0 Å². The van der Waals surface area contributed by atoms with Crippen LogP contribution in [-0.4, -0.2) is 27.3 Å². The van der Waals surface area contributed by atoms with Gasteiger partial charge in [-0.2, -0.15) is 5.10 Å². The van der Waals surface area contributed by atoms with E-state index in [2.05, 4.69) is 10.1 Å². The van der Waals surface area contributed by atoms with E-state index in [1.165, 1.54) is 0 Å². The summed E-state index contributed by atoms with van der Waals surface area (Å²) in [5.74, 6) is -0.406. The van der Waals surface area contributed by atoms with Crippen LogP contribution in [0.1, 0.15) is 28.7 Å². The average Bonchev–Trinajstić information content (AvgIpc) is 3.03. The van der Waals surface area contributed by atoms with Gasteiger partial charge in [0.15, 0.2) is 5.69 Å². The molecule has 0 aliphatic carbocycles. The number of hydrogen-bond acceptors (Lipinski definition) is 5. The molecule has 6 heteroatoms. The van der Waals surface area contributed by atoms with Crippen LogP contribution in [0.15, 0.2) is 24.3 Å². The Kier molecular flexibility index (Phi) is 3.47. The number of carbonyl (C=O) groups is 1.